The highest BCUT2D eigenvalue weighted by Crippen LogP contribution is 2.20. The lowest BCUT2D eigenvalue weighted by Crippen LogP contribution is -2.46. The maximum absolute atomic E-state index is 12.4. The fraction of sp³-hybridized carbons (Fsp3) is 0.684. The lowest BCUT2D eigenvalue weighted by atomic mass is 9.96. The topological polar surface area (TPSA) is 68.4 Å². The Morgan fingerprint density at radius 2 is 1.88 bits per heavy atom. The third-order valence-corrected chi connectivity index (χ3v) is 5.53. The lowest BCUT2D eigenvalue weighted by Gasteiger charge is -2.33. The number of nitrogens with one attached hydrogen (secondary N) is 2. The van der Waals surface area contributed by atoms with Crippen molar-refractivity contribution < 1.29 is 4.79 Å². The van der Waals surface area contributed by atoms with Gasteiger partial charge >= 0.3 is 6.03 Å². The largest absolute Gasteiger partial charge is 0.334 e. The number of likely N-dealkylation sites (tertiary alicyclic amines) is 2. The highest BCUT2D eigenvalue weighted by molar-refractivity contribution is 5.74. The number of amides is 2. The number of piperidine rings is 1. The van der Waals surface area contributed by atoms with Crippen LogP contribution in [0.4, 0.5) is 4.79 Å². The number of aryl methyl sites for hydroxylation is 2. The van der Waals surface area contributed by atoms with E-state index in [1.165, 1.54) is 32.5 Å². The molecule has 138 valence electrons. The van der Waals surface area contributed by atoms with Crippen molar-refractivity contribution >= 4 is 6.03 Å². The molecule has 2 aliphatic rings. The Balaban J connectivity index is 1.46. The first-order chi connectivity index (χ1) is 12.0. The number of hydrogen-bond acceptors (Lipinski definition) is 3. The number of aromatic nitrogens is 1. The van der Waals surface area contributed by atoms with Crippen LogP contribution in [-0.4, -0.2) is 53.5 Å². The van der Waals surface area contributed by atoms with Crippen LogP contribution in [0.2, 0.25) is 0 Å². The van der Waals surface area contributed by atoms with Gasteiger partial charge in [-0.1, -0.05) is 0 Å². The minimum Gasteiger partial charge on any atom is -0.334 e. The van der Waals surface area contributed by atoms with Crippen molar-refractivity contribution in [1.29, 1.82) is 0 Å². The van der Waals surface area contributed by atoms with Crippen LogP contribution in [0.25, 0.3) is 0 Å². The molecule has 0 spiro atoms. The minimum atomic E-state index is -0.109. The molecule has 2 fully saturated rings. The van der Waals surface area contributed by atoms with Gasteiger partial charge in [0.2, 0.25) is 0 Å². The summed E-state index contributed by atoms with van der Waals surface area (Å²) in [5, 5.41) is 2.91. The Morgan fingerprint density at radius 3 is 2.52 bits per heavy atom. The summed E-state index contributed by atoms with van der Waals surface area (Å²) in [5.74, 6) is 0.712. The Bertz CT molecular complexity index is 656. The highest BCUT2D eigenvalue weighted by Gasteiger charge is 2.25. The van der Waals surface area contributed by atoms with Gasteiger partial charge in [-0.25, -0.2) is 4.79 Å². The number of pyridine rings is 1. The number of nitrogens with zero attached hydrogens (tertiary/aromatic N) is 2. The second-order valence-electron chi connectivity index (χ2n) is 7.54. The van der Waals surface area contributed by atoms with E-state index >= 15 is 0 Å². The smallest absolute Gasteiger partial charge is 0.317 e. The molecule has 0 atom stereocenters. The fourth-order valence-corrected chi connectivity index (χ4v) is 4.03. The number of rotatable bonds is 4. The SMILES string of the molecule is Cc1cc(C)c(CNC(=O)N2CCC(CN3CCCC3)CC2)c(=O)[nH]1. The monoisotopic (exact) mass is 346 g/mol. The van der Waals surface area contributed by atoms with Crippen molar-refractivity contribution in [1.82, 2.24) is 20.1 Å². The van der Waals surface area contributed by atoms with Gasteiger partial charge in [0.25, 0.3) is 5.56 Å². The molecule has 3 rings (SSSR count). The van der Waals surface area contributed by atoms with Gasteiger partial charge in [-0.05, 0) is 70.2 Å². The molecule has 2 N–H and O–H groups in total. The van der Waals surface area contributed by atoms with Crippen LogP contribution in [0.5, 0.6) is 0 Å². The van der Waals surface area contributed by atoms with Gasteiger partial charge in [-0.2, -0.15) is 0 Å². The average Bonchev–Trinajstić information content (AvgIpc) is 3.07. The summed E-state index contributed by atoms with van der Waals surface area (Å²) in [4.78, 5) is 31.7. The van der Waals surface area contributed by atoms with Crippen molar-refractivity contribution in [3.63, 3.8) is 0 Å². The van der Waals surface area contributed by atoms with E-state index in [4.69, 9.17) is 0 Å². The molecule has 6 nitrogen and oxygen atoms in total. The molecule has 6 heteroatoms. The number of hydrogen-bond donors (Lipinski definition) is 2. The molecule has 0 aliphatic carbocycles. The van der Waals surface area contributed by atoms with E-state index in [0.717, 1.165) is 37.2 Å². The summed E-state index contributed by atoms with van der Waals surface area (Å²) in [6.45, 7) is 9.36. The van der Waals surface area contributed by atoms with E-state index < -0.39 is 0 Å². The zero-order valence-electron chi connectivity index (χ0n) is 15.4. The highest BCUT2D eigenvalue weighted by atomic mass is 16.2. The molecule has 2 aliphatic heterocycles. The molecule has 0 saturated carbocycles. The Labute approximate surface area is 149 Å². The van der Waals surface area contributed by atoms with Crippen LogP contribution in [0, 0.1) is 19.8 Å². The molecule has 2 saturated heterocycles. The van der Waals surface area contributed by atoms with Gasteiger partial charge in [0.05, 0.1) is 6.54 Å². The number of H-pyrrole nitrogens is 1. The molecule has 0 bridgehead atoms. The molecule has 1 aromatic heterocycles. The number of urea groups is 1. The molecule has 3 heterocycles. The van der Waals surface area contributed by atoms with Gasteiger partial charge in [0.1, 0.15) is 0 Å². The summed E-state index contributed by atoms with van der Waals surface area (Å²) in [5.41, 5.74) is 2.30. The summed E-state index contributed by atoms with van der Waals surface area (Å²) in [6.07, 6.45) is 4.82. The lowest BCUT2D eigenvalue weighted by molar-refractivity contribution is 0.154. The van der Waals surface area contributed by atoms with Crippen molar-refractivity contribution in [2.75, 3.05) is 32.7 Å². The second kappa shape index (κ2) is 8.04. The number of carbonyl (C=O) groups is 1. The predicted molar refractivity (Wildman–Crippen MR) is 98.7 cm³/mol. The van der Waals surface area contributed by atoms with E-state index in [-0.39, 0.29) is 18.1 Å². The summed E-state index contributed by atoms with van der Waals surface area (Å²) < 4.78 is 0. The molecule has 2 amide bonds. The van der Waals surface area contributed by atoms with Crippen LogP contribution in [0.3, 0.4) is 0 Å². The van der Waals surface area contributed by atoms with Gasteiger partial charge < -0.3 is 20.1 Å². The number of carbonyl (C=O) groups excluding carboxylic acids is 1. The quantitative estimate of drug-likeness (QED) is 0.876. The first-order valence-electron chi connectivity index (χ1n) is 9.47. The zero-order chi connectivity index (χ0) is 17.8. The van der Waals surface area contributed by atoms with Crippen molar-refractivity contribution in [2.45, 2.75) is 46.1 Å². The molecule has 0 aromatic carbocycles. The molecular weight excluding hydrogens is 316 g/mol. The first kappa shape index (κ1) is 18.0. The first-order valence-corrected chi connectivity index (χ1v) is 9.47. The van der Waals surface area contributed by atoms with Crippen LogP contribution in [0.1, 0.15) is 42.5 Å². The summed E-state index contributed by atoms with van der Waals surface area (Å²) in [7, 11) is 0. The summed E-state index contributed by atoms with van der Waals surface area (Å²) in [6, 6.07) is 1.88. The Morgan fingerprint density at radius 1 is 1.20 bits per heavy atom. The Kier molecular flexibility index (Phi) is 5.78. The molecule has 0 radical (unpaired) electrons. The van der Waals surface area contributed by atoms with Crippen LogP contribution in [0.15, 0.2) is 10.9 Å². The van der Waals surface area contributed by atoms with Crippen LogP contribution < -0.4 is 10.9 Å². The maximum Gasteiger partial charge on any atom is 0.317 e. The third kappa shape index (κ3) is 4.63. The minimum absolute atomic E-state index is 0.0565. The maximum atomic E-state index is 12.4. The number of aromatic amines is 1. The van der Waals surface area contributed by atoms with Gasteiger partial charge in [-0.3, -0.25) is 4.79 Å². The molecular formula is C19H30N4O2. The average molecular weight is 346 g/mol. The van der Waals surface area contributed by atoms with E-state index in [1.54, 1.807) is 0 Å². The van der Waals surface area contributed by atoms with Gasteiger partial charge in [-0.15, -0.1) is 0 Å². The standard InChI is InChI=1S/C19H30N4O2/c1-14-11-15(2)21-18(24)17(14)12-20-19(25)23-9-5-16(6-10-23)13-22-7-3-4-8-22/h11,16H,3-10,12-13H2,1-2H3,(H,20,25)(H,21,24). The normalized spacial score (nSPS) is 19.4. The van der Waals surface area contributed by atoms with Gasteiger partial charge in [0.15, 0.2) is 0 Å². The third-order valence-electron chi connectivity index (χ3n) is 5.53. The zero-order valence-corrected chi connectivity index (χ0v) is 15.4. The second-order valence-corrected chi connectivity index (χ2v) is 7.54. The fourth-order valence-electron chi connectivity index (χ4n) is 4.03. The van der Waals surface area contributed by atoms with Crippen LogP contribution >= 0.6 is 0 Å². The van der Waals surface area contributed by atoms with E-state index in [1.807, 2.05) is 24.8 Å². The van der Waals surface area contributed by atoms with Crippen molar-refractivity contribution in [2.24, 2.45) is 5.92 Å². The predicted octanol–water partition coefficient (Wildman–Crippen LogP) is 2.01. The molecule has 0 unspecified atom stereocenters. The summed E-state index contributed by atoms with van der Waals surface area (Å²) >= 11 is 0. The van der Waals surface area contributed by atoms with Gasteiger partial charge in [0, 0.05) is 30.9 Å². The van der Waals surface area contributed by atoms with E-state index in [2.05, 4.69) is 15.2 Å². The van der Waals surface area contributed by atoms with E-state index in [9.17, 15) is 9.59 Å². The van der Waals surface area contributed by atoms with E-state index in [0.29, 0.717) is 11.5 Å². The molecule has 1 aromatic rings. The van der Waals surface area contributed by atoms with Crippen molar-refractivity contribution in [3.05, 3.63) is 33.2 Å². The van der Waals surface area contributed by atoms with Crippen molar-refractivity contribution in [3.8, 4) is 0 Å². The van der Waals surface area contributed by atoms with Crippen LogP contribution in [-0.2, 0) is 6.54 Å². The Hall–Kier alpha value is -1.82. The molecule has 25 heavy (non-hydrogen) atoms.